The molecular weight excluding hydrogens is 302 g/mol. The lowest BCUT2D eigenvalue weighted by Crippen LogP contribution is -2.49. The highest BCUT2D eigenvalue weighted by molar-refractivity contribution is 6.39. The number of hydrogen-bond acceptors (Lipinski definition) is 5. The molecule has 0 aliphatic heterocycles. The molecule has 23 heavy (non-hydrogen) atoms. The monoisotopic (exact) mass is 323 g/mol. The summed E-state index contributed by atoms with van der Waals surface area (Å²) in [5.41, 5.74) is -0.472. The van der Waals surface area contributed by atoms with Crippen molar-refractivity contribution in [2.24, 2.45) is 0 Å². The number of carbonyl (C=O) groups is 2. The van der Waals surface area contributed by atoms with Crippen LogP contribution in [0, 0.1) is 10.1 Å². The van der Waals surface area contributed by atoms with Crippen LogP contribution in [0.3, 0.4) is 0 Å². The second-order valence-corrected chi connectivity index (χ2v) is 5.82. The van der Waals surface area contributed by atoms with Crippen LogP contribution in [0.5, 0.6) is 5.75 Å². The molecule has 0 aromatic heterocycles. The molecule has 0 unspecified atom stereocenters. The minimum atomic E-state index is -0.825. The lowest BCUT2D eigenvalue weighted by molar-refractivity contribution is -0.384. The number of amides is 2. The van der Waals surface area contributed by atoms with Gasteiger partial charge < -0.3 is 15.0 Å². The second kappa shape index (κ2) is 7.08. The third kappa shape index (κ3) is 4.41. The third-order valence-corrected chi connectivity index (χ3v) is 3.21. The summed E-state index contributed by atoms with van der Waals surface area (Å²) in [6, 6.07) is 3.74. The van der Waals surface area contributed by atoms with Gasteiger partial charge in [0.2, 0.25) is 0 Å². The van der Waals surface area contributed by atoms with Crippen LogP contribution in [0.2, 0.25) is 0 Å². The summed E-state index contributed by atoms with van der Waals surface area (Å²) in [5, 5.41) is 13.2. The topological polar surface area (TPSA) is 102 Å². The van der Waals surface area contributed by atoms with Gasteiger partial charge in [-0.15, -0.1) is 0 Å². The SMILES string of the molecule is CCN(C(=O)C(=O)Nc1ccc([N+](=O)[O-])cc1OC)C(C)(C)C. The summed E-state index contributed by atoms with van der Waals surface area (Å²) >= 11 is 0. The van der Waals surface area contributed by atoms with Crippen LogP contribution in [0.15, 0.2) is 18.2 Å². The Kier molecular flexibility index (Phi) is 5.67. The Bertz CT molecular complexity index is 622. The van der Waals surface area contributed by atoms with E-state index in [1.54, 1.807) is 6.92 Å². The van der Waals surface area contributed by atoms with E-state index in [0.29, 0.717) is 6.54 Å². The van der Waals surface area contributed by atoms with Crippen molar-refractivity contribution in [3.63, 3.8) is 0 Å². The van der Waals surface area contributed by atoms with Gasteiger partial charge in [-0.25, -0.2) is 0 Å². The van der Waals surface area contributed by atoms with E-state index in [4.69, 9.17) is 4.74 Å². The average Bonchev–Trinajstić information content (AvgIpc) is 2.46. The van der Waals surface area contributed by atoms with E-state index < -0.39 is 22.3 Å². The van der Waals surface area contributed by atoms with E-state index in [-0.39, 0.29) is 17.1 Å². The number of rotatable bonds is 4. The Hall–Kier alpha value is -2.64. The molecule has 0 atom stereocenters. The van der Waals surface area contributed by atoms with E-state index in [0.717, 1.165) is 0 Å². The van der Waals surface area contributed by atoms with Crippen molar-refractivity contribution in [2.75, 3.05) is 19.0 Å². The van der Waals surface area contributed by atoms with Crippen molar-refractivity contribution in [1.29, 1.82) is 0 Å². The molecule has 8 nitrogen and oxygen atoms in total. The molecule has 1 aromatic rings. The van der Waals surface area contributed by atoms with Crippen molar-refractivity contribution in [3.8, 4) is 5.75 Å². The fraction of sp³-hybridized carbons (Fsp3) is 0.467. The van der Waals surface area contributed by atoms with E-state index in [1.165, 1.54) is 30.2 Å². The van der Waals surface area contributed by atoms with E-state index in [1.807, 2.05) is 20.8 Å². The first-order chi connectivity index (χ1) is 10.6. The van der Waals surface area contributed by atoms with Gasteiger partial charge in [0, 0.05) is 18.2 Å². The first-order valence-corrected chi connectivity index (χ1v) is 7.07. The molecule has 0 fully saturated rings. The van der Waals surface area contributed by atoms with Gasteiger partial charge in [-0.2, -0.15) is 0 Å². The number of anilines is 1. The summed E-state index contributed by atoms with van der Waals surface area (Å²) in [4.78, 5) is 36.0. The van der Waals surface area contributed by atoms with Crippen LogP contribution in [0.25, 0.3) is 0 Å². The largest absolute Gasteiger partial charge is 0.494 e. The number of likely N-dealkylation sites (N-methyl/N-ethyl adjacent to an activating group) is 1. The Balaban J connectivity index is 3.01. The quantitative estimate of drug-likeness (QED) is 0.520. The second-order valence-electron chi connectivity index (χ2n) is 5.82. The van der Waals surface area contributed by atoms with E-state index in [9.17, 15) is 19.7 Å². The van der Waals surface area contributed by atoms with Crippen molar-refractivity contribution in [2.45, 2.75) is 33.2 Å². The number of methoxy groups -OCH3 is 1. The number of carbonyl (C=O) groups excluding carboxylic acids is 2. The van der Waals surface area contributed by atoms with Crippen molar-refractivity contribution >= 4 is 23.2 Å². The molecule has 1 N–H and O–H groups in total. The summed E-state index contributed by atoms with van der Waals surface area (Å²) in [7, 11) is 1.32. The maximum atomic E-state index is 12.3. The van der Waals surface area contributed by atoms with Crippen molar-refractivity contribution in [3.05, 3.63) is 28.3 Å². The van der Waals surface area contributed by atoms with Crippen molar-refractivity contribution in [1.82, 2.24) is 4.90 Å². The molecule has 0 radical (unpaired) electrons. The fourth-order valence-electron chi connectivity index (χ4n) is 2.12. The number of non-ortho nitro benzene ring substituents is 1. The van der Waals surface area contributed by atoms with E-state index >= 15 is 0 Å². The Morgan fingerprint density at radius 3 is 2.39 bits per heavy atom. The van der Waals surface area contributed by atoms with Crippen LogP contribution in [0.1, 0.15) is 27.7 Å². The van der Waals surface area contributed by atoms with Gasteiger partial charge in [0.15, 0.2) is 0 Å². The van der Waals surface area contributed by atoms with Gasteiger partial charge in [-0.1, -0.05) is 0 Å². The van der Waals surface area contributed by atoms with E-state index in [2.05, 4.69) is 5.32 Å². The van der Waals surface area contributed by atoms with Crippen LogP contribution in [0.4, 0.5) is 11.4 Å². The Morgan fingerprint density at radius 1 is 1.35 bits per heavy atom. The molecule has 0 spiro atoms. The molecule has 8 heteroatoms. The highest BCUT2D eigenvalue weighted by atomic mass is 16.6. The Labute approximate surface area is 134 Å². The predicted octanol–water partition coefficient (Wildman–Crippen LogP) is 2.19. The van der Waals surface area contributed by atoms with Gasteiger partial charge in [0.05, 0.1) is 23.8 Å². The number of nitro groups is 1. The molecule has 2 amide bonds. The maximum Gasteiger partial charge on any atom is 0.314 e. The number of ether oxygens (including phenoxy) is 1. The molecule has 0 saturated carbocycles. The molecule has 1 rings (SSSR count). The van der Waals surface area contributed by atoms with Crippen LogP contribution >= 0.6 is 0 Å². The predicted molar refractivity (Wildman–Crippen MR) is 85.4 cm³/mol. The molecule has 0 saturated heterocycles. The number of hydrogen-bond donors (Lipinski definition) is 1. The van der Waals surface area contributed by atoms with Gasteiger partial charge in [-0.3, -0.25) is 19.7 Å². The van der Waals surface area contributed by atoms with Crippen LogP contribution in [-0.2, 0) is 9.59 Å². The standard InChI is InChI=1S/C15H21N3O5/c1-6-17(15(2,3)4)14(20)13(19)16-11-8-7-10(18(21)22)9-12(11)23-5/h7-9H,6H2,1-5H3,(H,16,19). The van der Waals surface area contributed by atoms with Gasteiger partial charge >= 0.3 is 11.8 Å². The normalized spacial score (nSPS) is 10.8. The smallest absolute Gasteiger partial charge is 0.314 e. The molecule has 126 valence electrons. The highest BCUT2D eigenvalue weighted by Gasteiger charge is 2.30. The summed E-state index contributed by atoms with van der Waals surface area (Å²) < 4.78 is 5.03. The zero-order chi connectivity index (χ0) is 17.8. The zero-order valence-corrected chi connectivity index (χ0v) is 13.9. The van der Waals surface area contributed by atoms with Gasteiger partial charge in [0.1, 0.15) is 5.75 Å². The van der Waals surface area contributed by atoms with Gasteiger partial charge in [0.25, 0.3) is 5.69 Å². The average molecular weight is 323 g/mol. The van der Waals surface area contributed by atoms with Crippen LogP contribution in [-0.4, -0.2) is 40.8 Å². The van der Waals surface area contributed by atoms with Gasteiger partial charge in [-0.05, 0) is 33.8 Å². The lowest BCUT2D eigenvalue weighted by Gasteiger charge is -2.34. The molecule has 0 heterocycles. The minimum Gasteiger partial charge on any atom is -0.494 e. The number of nitrogens with one attached hydrogen (secondary N) is 1. The molecule has 0 aliphatic carbocycles. The highest BCUT2D eigenvalue weighted by Crippen LogP contribution is 2.29. The zero-order valence-electron chi connectivity index (χ0n) is 13.9. The number of benzene rings is 1. The summed E-state index contributed by atoms with van der Waals surface area (Å²) in [6.07, 6.45) is 0. The molecule has 0 bridgehead atoms. The molecule has 0 aliphatic rings. The number of nitro benzene ring substituents is 1. The minimum absolute atomic E-state index is 0.110. The molecule has 1 aromatic carbocycles. The maximum absolute atomic E-state index is 12.3. The lowest BCUT2D eigenvalue weighted by atomic mass is 10.1. The van der Waals surface area contributed by atoms with Crippen LogP contribution < -0.4 is 10.1 Å². The molecular formula is C15H21N3O5. The van der Waals surface area contributed by atoms with Crippen molar-refractivity contribution < 1.29 is 19.2 Å². The first-order valence-electron chi connectivity index (χ1n) is 7.07. The third-order valence-electron chi connectivity index (χ3n) is 3.21. The fourth-order valence-corrected chi connectivity index (χ4v) is 2.12. The number of nitrogens with zero attached hydrogens (tertiary/aromatic N) is 2. The summed E-state index contributed by atoms with van der Waals surface area (Å²) in [6.45, 7) is 7.65. The first kappa shape index (κ1) is 18.4. The Morgan fingerprint density at radius 2 is 1.96 bits per heavy atom. The summed E-state index contributed by atoms with van der Waals surface area (Å²) in [5.74, 6) is -1.39.